The van der Waals surface area contributed by atoms with Crippen molar-refractivity contribution in [3.8, 4) is 11.5 Å². The van der Waals surface area contributed by atoms with Crippen molar-refractivity contribution in [3.63, 3.8) is 0 Å². The lowest BCUT2D eigenvalue weighted by Crippen LogP contribution is -2.42. The van der Waals surface area contributed by atoms with Gasteiger partial charge in [-0.2, -0.15) is 11.8 Å². The number of ether oxygens (including phenoxy) is 2. The van der Waals surface area contributed by atoms with Gasteiger partial charge in [0.25, 0.3) is 0 Å². The molecule has 0 spiro atoms. The molecule has 0 bridgehead atoms. The summed E-state index contributed by atoms with van der Waals surface area (Å²) in [5.41, 5.74) is 1.17. The van der Waals surface area contributed by atoms with E-state index in [1.807, 2.05) is 23.9 Å². The Kier molecular flexibility index (Phi) is 11.5. The molecular weight excluding hydrogens is 499 g/mol. The van der Waals surface area contributed by atoms with E-state index in [4.69, 9.17) is 14.5 Å². The molecule has 0 aliphatic carbocycles. The number of hydrogen-bond acceptors (Lipinski definition) is 5. The highest BCUT2D eigenvalue weighted by Crippen LogP contribution is 2.37. The molecule has 0 amide bonds. The van der Waals surface area contributed by atoms with Crippen LogP contribution in [-0.2, 0) is 0 Å². The summed E-state index contributed by atoms with van der Waals surface area (Å²) in [6.45, 7) is 6.86. The van der Waals surface area contributed by atoms with E-state index in [0.29, 0.717) is 0 Å². The summed E-state index contributed by atoms with van der Waals surface area (Å²) >= 11 is 2.04. The zero-order chi connectivity index (χ0) is 20.6. The van der Waals surface area contributed by atoms with Gasteiger partial charge >= 0.3 is 0 Å². The maximum atomic E-state index is 5.48. The lowest BCUT2D eigenvalue weighted by molar-refractivity contribution is 0.295. The van der Waals surface area contributed by atoms with E-state index in [1.165, 1.54) is 24.2 Å². The molecule has 2 N–H and O–H groups in total. The van der Waals surface area contributed by atoms with Gasteiger partial charge in [0.05, 0.1) is 26.8 Å². The Labute approximate surface area is 197 Å². The molecule has 2 atom stereocenters. The van der Waals surface area contributed by atoms with Crippen LogP contribution in [-0.4, -0.2) is 69.3 Å². The smallest absolute Gasteiger partial charge is 0.191 e. The minimum atomic E-state index is 0. The maximum absolute atomic E-state index is 5.48. The molecule has 29 heavy (non-hydrogen) atoms. The lowest BCUT2D eigenvalue weighted by Gasteiger charge is -2.27. The fourth-order valence-corrected chi connectivity index (χ4v) is 4.63. The molecule has 0 aromatic heterocycles. The predicted octanol–water partition coefficient (Wildman–Crippen LogP) is 3.77. The third kappa shape index (κ3) is 7.71. The van der Waals surface area contributed by atoms with Crippen LogP contribution in [0.1, 0.15) is 38.3 Å². The van der Waals surface area contributed by atoms with E-state index in [0.717, 1.165) is 37.1 Å². The molecule has 2 unspecified atom stereocenters. The van der Waals surface area contributed by atoms with Crippen molar-refractivity contribution in [2.75, 3.05) is 53.7 Å². The van der Waals surface area contributed by atoms with Crippen LogP contribution in [0, 0.1) is 0 Å². The number of aliphatic imine (C=N–C) groups is 1. The third-order valence-corrected chi connectivity index (χ3v) is 6.62. The number of methoxy groups -OCH3 is 2. The summed E-state index contributed by atoms with van der Waals surface area (Å²) in [7, 11) is 7.50. The van der Waals surface area contributed by atoms with E-state index in [2.05, 4.69) is 49.5 Å². The van der Waals surface area contributed by atoms with Crippen molar-refractivity contribution < 1.29 is 9.47 Å². The van der Waals surface area contributed by atoms with Crippen molar-refractivity contribution in [2.45, 2.75) is 37.5 Å². The van der Waals surface area contributed by atoms with Gasteiger partial charge in [0.2, 0.25) is 0 Å². The van der Waals surface area contributed by atoms with Crippen LogP contribution in [0.5, 0.6) is 11.5 Å². The highest BCUT2D eigenvalue weighted by Gasteiger charge is 2.29. The second-order valence-corrected chi connectivity index (χ2v) is 9.25. The highest BCUT2D eigenvalue weighted by molar-refractivity contribution is 14.0. The molecule has 2 rings (SSSR count). The van der Waals surface area contributed by atoms with Crippen LogP contribution < -0.4 is 20.1 Å². The first kappa shape index (κ1) is 26.2. The van der Waals surface area contributed by atoms with Gasteiger partial charge in [0, 0.05) is 17.8 Å². The molecular formula is C21H37IN4O2S. The first-order chi connectivity index (χ1) is 13.4. The molecule has 1 aromatic carbocycles. The van der Waals surface area contributed by atoms with Gasteiger partial charge in [-0.25, -0.2) is 0 Å². The van der Waals surface area contributed by atoms with E-state index < -0.39 is 0 Å². The van der Waals surface area contributed by atoms with Crippen molar-refractivity contribution in [3.05, 3.63) is 23.8 Å². The second-order valence-electron chi connectivity index (χ2n) is 7.57. The molecule has 1 aliphatic heterocycles. The molecule has 1 heterocycles. The third-order valence-electron chi connectivity index (χ3n) is 5.09. The zero-order valence-electron chi connectivity index (χ0n) is 18.6. The SMILES string of the molecule is CCNC(=NCC1(C)CCCS1)NCC(c1ccc(OC)c(OC)c1)N(C)C.I. The molecule has 1 aromatic rings. The van der Waals surface area contributed by atoms with E-state index >= 15 is 0 Å². The van der Waals surface area contributed by atoms with Crippen LogP contribution in [0.4, 0.5) is 0 Å². The minimum absolute atomic E-state index is 0. The Bertz CT molecular complexity index is 652. The second kappa shape index (κ2) is 12.7. The predicted molar refractivity (Wildman–Crippen MR) is 135 cm³/mol. The number of thioether (sulfide) groups is 1. The van der Waals surface area contributed by atoms with E-state index in [9.17, 15) is 0 Å². The number of guanidine groups is 1. The summed E-state index contributed by atoms with van der Waals surface area (Å²) < 4.78 is 11.1. The van der Waals surface area contributed by atoms with E-state index in [-0.39, 0.29) is 34.8 Å². The zero-order valence-corrected chi connectivity index (χ0v) is 21.7. The number of nitrogens with one attached hydrogen (secondary N) is 2. The average molecular weight is 537 g/mol. The standard InChI is InChI=1S/C21H36N4O2S.HI/c1-7-22-20(24-15-21(2)11-8-12-28-21)23-14-17(25(3)4)16-9-10-18(26-5)19(13-16)27-6;/h9-10,13,17H,7-8,11-12,14-15H2,1-6H3,(H2,22,23,24);1H. The number of hydrogen-bond donors (Lipinski definition) is 2. The molecule has 6 nitrogen and oxygen atoms in total. The van der Waals surface area contributed by atoms with Crippen LogP contribution >= 0.6 is 35.7 Å². The average Bonchev–Trinajstić information content (AvgIpc) is 3.12. The molecule has 166 valence electrons. The van der Waals surface area contributed by atoms with Gasteiger partial charge in [-0.1, -0.05) is 6.07 Å². The maximum Gasteiger partial charge on any atom is 0.191 e. The number of halogens is 1. The summed E-state index contributed by atoms with van der Waals surface area (Å²) in [5.74, 6) is 3.62. The fourth-order valence-electron chi connectivity index (χ4n) is 3.40. The quantitative estimate of drug-likeness (QED) is 0.285. The van der Waals surface area contributed by atoms with E-state index in [1.54, 1.807) is 14.2 Å². The van der Waals surface area contributed by atoms with Gasteiger partial charge in [0.15, 0.2) is 17.5 Å². The van der Waals surface area contributed by atoms with Crippen LogP contribution in [0.25, 0.3) is 0 Å². The number of rotatable bonds is 9. The monoisotopic (exact) mass is 536 g/mol. The van der Waals surface area contributed by atoms with Gasteiger partial charge < -0.3 is 25.0 Å². The molecule has 8 heteroatoms. The van der Waals surface area contributed by atoms with Gasteiger partial charge in [0.1, 0.15) is 0 Å². The highest BCUT2D eigenvalue weighted by atomic mass is 127. The molecule has 0 saturated carbocycles. The molecule has 0 radical (unpaired) electrons. The Balaban J connectivity index is 0.00000420. The minimum Gasteiger partial charge on any atom is -0.493 e. The number of likely N-dealkylation sites (N-methyl/N-ethyl adjacent to an activating group) is 1. The number of nitrogens with zero attached hydrogens (tertiary/aromatic N) is 2. The van der Waals surface area contributed by atoms with Gasteiger partial charge in [-0.3, -0.25) is 4.99 Å². The topological polar surface area (TPSA) is 58.1 Å². The Hall–Kier alpha value is -0.870. The van der Waals surface area contributed by atoms with Crippen molar-refractivity contribution in [2.24, 2.45) is 4.99 Å². The molecule has 1 aliphatic rings. The normalized spacial score (nSPS) is 20.2. The Morgan fingerprint density at radius 2 is 1.97 bits per heavy atom. The molecule has 1 fully saturated rings. The molecule has 1 saturated heterocycles. The fraction of sp³-hybridized carbons (Fsp3) is 0.667. The first-order valence-corrected chi connectivity index (χ1v) is 11.0. The summed E-state index contributed by atoms with van der Waals surface area (Å²) in [6.07, 6.45) is 2.54. The summed E-state index contributed by atoms with van der Waals surface area (Å²) in [5, 5.41) is 6.90. The van der Waals surface area contributed by atoms with Crippen LogP contribution in [0.2, 0.25) is 0 Å². The lowest BCUT2D eigenvalue weighted by atomic mass is 10.1. The Morgan fingerprint density at radius 1 is 1.24 bits per heavy atom. The van der Waals surface area contributed by atoms with Crippen molar-refractivity contribution >= 4 is 41.7 Å². The summed E-state index contributed by atoms with van der Waals surface area (Å²) in [4.78, 5) is 7.06. The van der Waals surface area contributed by atoms with Crippen LogP contribution in [0.3, 0.4) is 0 Å². The van der Waals surface area contributed by atoms with Gasteiger partial charge in [-0.05, 0) is 64.2 Å². The Morgan fingerprint density at radius 3 is 2.52 bits per heavy atom. The summed E-state index contributed by atoms with van der Waals surface area (Å²) in [6, 6.07) is 6.28. The van der Waals surface area contributed by atoms with Crippen molar-refractivity contribution in [1.29, 1.82) is 0 Å². The van der Waals surface area contributed by atoms with Crippen molar-refractivity contribution in [1.82, 2.24) is 15.5 Å². The number of benzene rings is 1. The first-order valence-electron chi connectivity index (χ1n) is 9.97. The van der Waals surface area contributed by atoms with Gasteiger partial charge in [-0.15, -0.1) is 24.0 Å². The van der Waals surface area contributed by atoms with Crippen LogP contribution in [0.15, 0.2) is 23.2 Å². The largest absolute Gasteiger partial charge is 0.493 e.